The van der Waals surface area contributed by atoms with Gasteiger partial charge in [0, 0.05) is 6.92 Å². The number of amides is 1. The minimum Gasteiger partial charge on any atom is -0.280 e. The summed E-state index contributed by atoms with van der Waals surface area (Å²) >= 11 is 0. The summed E-state index contributed by atoms with van der Waals surface area (Å²) in [4.78, 5) is 11.3. The summed E-state index contributed by atoms with van der Waals surface area (Å²) < 4.78 is 87.9. The van der Waals surface area contributed by atoms with E-state index in [1.165, 1.54) is 17.1 Å². The molecular weight excluding hydrogens is 342 g/mol. The number of allylic oxidation sites excluding steroid dienone is 3. The van der Waals surface area contributed by atoms with Crippen LogP contribution in [0.4, 0.5) is 26.3 Å². The third-order valence-corrected chi connectivity index (χ3v) is 3.38. The molecule has 1 atom stereocenters. The predicted molar refractivity (Wildman–Crippen MR) is 63.6 cm³/mol. The molecule has 1 rings (SSSR count). The third-order valence-electron chi connectivity index (χ3n) is 2.32. The van der Waals surface area contributed by atoms with Crippen LogP contribution in [-0.2, 0) is 14.8 Å². The van der Waals surface area contributed by atoms with Crippen LogP contribution in [0.1, 0.15) is 13.8 Å². The molecule has 1 unspecified atom stereocenters. The lowest BCUT2D eigenvalue weighted by atomic mass is 10.4. The summed E-state index contributed by atoms with van der Waals surface area (Å²) in [5, 5.41) is 0. The fraction of sp³-hybridized carbons (Fsp3) is 0.500. The molecule has 0 saturated carbocycles. The Bertz CT molecular complexity index is 562. The molecule has 0 spiro atoms. The Labute approximate surface area is 122 Å². The number of hydrogen-bond donors (Lipinski definition) is 2. The Morgan fingerprint density at radius 2 is 1.73 bits per heavy atom. The normalized spacial score (nSPS) is 18.4. The van der Waals surface area contributed by atoms with Crippen LogP contribution >= 0.6 is 0 Å². The lowest BCUT2D eigenvalue weighted by Crippen LogP contribution is -3.03. The second kappa shape index (κ2) is 7.13. The van der Waals surface area contributed by atoms with Gasteiger partial charge < -0.3 is 0 Å². The SMILES string of the molecule is CC[NH+]1C=CC=C1C.O=C(NS(=O)(=O)C(F)(F)F)C(F)(F)F. The number of halogens is 6. The van der Waals surface area contributed by atoms with Gasteiger partial charge in [-0.15, -0.1) is 0 Å². The van der Waals surface area contributed by atoms with Gasteiger partial charge >= 0.3 is 27.6 Å². The molecule has 0 aromatic carbocycles. The van der Waals surface area contributed by atoms with E-state index in [1.54, 1.807) is 0 Å². The molecule has 1 amide bonds. The van der Waals surface area contributed by atoms with E-state index in [-0.39, 0.29) is 4.72 Å². The first-order valence-electron chi connectivity index (χ1n) is 5.63. The van der Waals surface area contributed by atoms with Crippen LogP contribution < -0.4 is 9.62 Å². The largest absolute Gasteiger partial charge is 0.516 e. The molecule has 5 nitrogen and oxygen atoms in total. The van der Waals surface area contributed by atoms with E-state index in [4.69, 9.17) is 0 Å². The molecule has 1 aliphatic heterocycles. The van der Waals surface area contributed by atoms with Crippen LogP contribution in [0.15, 0.2) is 24.0 Å². The maximum Gasteiger partial charge on any atom is 0.516 e. The number of rotatable bonds is 2. The molecule has 0 radical (unpaired) electrons. The van der Waals surface area contributed by atoms with Gasteiger partial charge in [-0.2, -0.15) is 34.8 Å². The summed E-state index contributed by atoms with van der Waals surface area (Å²) in [7, 11) is -6.30. The standard InChI is InChI=1S/C7H11N.C3HF6NO3S/c1-3-8-6-4-5-7(8)2;4-2(5,6)1(11)10-14(12,13)3(7,8)9/h4-6H,3H2,1-2H3;(H,10,11)/p+1. The van der Waals surface area contributed by atoms with Crippen molar-refractivity contribution >= 4 is 15.9 Å². The summed E-state index contributed by atoms with van der Waals surface area (Å²) in [6, 6.07) is 0. The molecule has 0 saturated heterocycles. The molecular formula is C10H13F6N2O3S+. The van der Waals surface area contributed by atoms with Gasteiger partial charge in [0.2, 0.25) is 0 Å². The summed E-state index contributed by atoms with van der Waals surface area (Å²) in [6.45, 7) is 5.50. The Hall–Kier alpha value is -1.56. The first-order chi connectivity index (χ1) is 9.72. The molecule has 0 aromatic rings. The first kappa shape index (κ1) is 20.4. The van der Waals surface area contributed by atoms with Gasteiger partial charge in [-0.05, 0) is 19.1 Å². The second-order valence-corrected chi connectivity index (χ2v) is 5.64. The number of quaternary nitrogens is 1. The van der Waals surface area contributed by atoms with Crippen molar-refractivity contribution in [2.24, 2.45) is 0 Å². The van der Waals surface area contributed by atoms with E-state index in [2.05, 4.69) is 32.2 Å². The van der Waals surface area contributed by atoms with E-state index in [9.17, 15) is 39.6 Å². The van der Waals surface area contributed by atoms with Gasteiger partial charge in [-0.3, -0.25) is 9.69 Å². The fourth-order valence-electron chi connectivity index (χ4n) is 1.18. The summed E-state index contributed by atoms with van der Waals surface area (Å²) in [5.74, 6) is -3.20. The van der Waals surface area contributed by atoms with Crippen molar-refractivity contribution in [2.45, 2.75) is 25.5 Å². The molecule has 0 bridgehead atoms. The third kappa shape index (κ3) is 6.05. The van der Waals surface area contributed by atoms with E-state index in [0.29, 0.717) is 0 Å². The second-order valence-electron chi connectivity index (χ2n) is 3.97. The maximum atomic E-state index is 11.4. The number of hydrogen-bond acceptors (Lipinski definition) is 3. The number of carbonyl (C=O) groups excluding carboxylic acids is 1. The van der Waals surface area contributed by atoms with Gasteiger partial charge in [0.25, 0.3) is 0 Å². The molecule has 22 heavy (non-hydrogen) atoms. The Kier molecular flexibility index (Phi) is 6.63. The van der Waals surface area contributed by atoms with Crippen LogP contribution in [0.5, 0.6) is 0 Å². The number of sulfonamides is 1. The Morgan fingerprint density at radius 1 is 1.23 bits per heavy atom. The molecule has 1 heterocycles. The minimum absolute atomic E-state index is 0.181. The summed E-state index contributed by atoms with van der Waals surface area (Å²) in [5.41, 5.74) is -4.54. The highest BCUT2D eigenvalue weighted by Gasteiger charge is 2.51. The highest BCUT2D eigenvalue weighted by atomic mass is 32.2. The smallest absolute Gasteiger partial charge is 0.280 e. The van der Waals surface area contributed by atoms with Crippen molar-refractivity contribution in [2.75, 3.05) is 6.54 Å². The molecule has 2 N–H and O–H groups in total. The van der Waals surface area contributed by atoms with E-state index < -0.39 is 27.6 Å². The monoisotopic (exact) mass is 355 g/mol. The topological polar surface area (TPSA) is 67.7 Å². The van der Waals surface area contributed by atoms with Crippen molar-refractivity contribution in [3.05, 3.63) is 24.0 Å². The fourth-order valence-corrected chi connectivity index (χ4v) is 1.66. The quantitative estimate of drug-likeness (QED) is 0.722. The maximum absolute atomic E-state index is 11.4. The molecule has 1 aliphatic rings. The van der Waals surface area contributed by atoms with E-state index in [0.717, 1.165) is 0 Å². The van der Waals surface area contributed by atoms with Crippen molar-refractivity contribution < 1.29 is 44.5 Å². The van der Waals surface area contributed by atoms with Gasteiger partial charge in [-0.1, -0.05) is 0 Å². The molecule has 12 heteroatoms. The van der Waals surface area contributed by atoms with E-state index >= 15 is 0 Å². The zero-order valence-corrected chi connectivity index (χ0v) is 12.2. The van der Waals surface area contributed by atoms with Crippen molar-refractivity contribution in [1.82, 2.24) is 4.72 Å². The number of nitrogens with one attached hydrogen (secondary N) is 2. The zero-order valence-electron chi connectivity index (χ0n) is 11.3. The van der Waals surface area contributed by atoms with Gasteiger partial charge in [0.1, 0.15) is 5.70 Å². The van der Waals surface area contributed by atoms with Crippen LogP contribution in [-0.4, -0.2) is 32.6 Å². The molecule has 128 valence electrons. The number of alkyl halides is 6. The van der Waals surface area contributed by atoms with Crippen LogP contribution in [0.25, 0.3) is 0 Å². The van der Waals surface area contributed by atoms with Crippen LogP contribution in [0, 0.1) is 0 Å². The van der Waals surface area contributed by atoms with Gasteiger partial charge in [0.15, 0.2) is 0 Å². The highest BCUT2D eigenvalue weighted by molar-refractivity contribution is 7.90. The highest BCUT2D eigenvalue weighted by Crippen LogP contribution is 2.23. The lowest BCUT2D eigenvalue weighted by Gasteiger charge is -2.10. The van der Waals surface area contributed by atoms with Crippen molar-refractivity contribution in [1.29, 1.82) is 0 Å². The summed E-state index contributed by atoms with van der Waals surface area (Å²) in [6.07, 6.45) is 0.737. The van der Waals surface area contributed by atoms with Crippen LogP contribution in [0.2, 0.25) is 0 Å². The van der Waals surface area contributed by atoms with Crippen LogP contribution in [0.3, 0.4) is 0 Å². The van der Waals surface area contributed by atoms with Gasteiger partial charge in [-0.25, -0.2) is 4.72 Å². The molecule has 0 fully saturated rings. The lowest BCUT2D eigenvalue weighted by molar-refractivity contribution is -0.799. The first-order valence-corrected chi connectivity index (χ1v) is 7.12. The molecule has 0 aromatic heterocycles. The van der Waals surface area contributed by atoms with Gasteiger partial charge in [0.05, 0.1) is 12.7 Å². The van der Waals surface area contributed by atoms with Crippen molar-refractivity contribution in [3.8, 4) is 0 Å². The Balaban J connectivity index is 0.000000461. The Morgan fingerprint density at radius 3 is 1.95 bits per heavy atom. The van der Waals surface area contributed by atoms with Crippen molar-refractivity contribution in [3.63, 3.8) is 0 Å². The molecule has 0 aliphatic carbocycles. The minimum atomic E-state index is -6.30. The average molecular weight is 355 g/mol. The predicted octanol–water partition coefficient (Wildman–Crippen LogP) is 0.837. The number of carbonyl (C=O) groups is 1. The van der Waals surface area contributed by atoms with E-state index in [1.807, 2.05) is 0 Å². The average Bonchev–Trinajstić information content (AvgIpc) is 2.72. The zero-order chi connectivity index (χ0) is 17.8.